The van der Waals surface area contributed by atoms with E-state index in [0.717, 1.165) is 6.42 Å². The Morgan fingerprint density at radius 3 is 2.80 bits per heavy atom. The van der Waals surface area contributed by atoms with E-state index in [-0.39, 0.29) is 30.3 Å². The number of hydrogen-bond acceptors (Lipinski definition) is 3. The first-order chi connectivity index (χ1) is 7.10. The Kier molecular flexibility index (Phi) is 4.03. The highest BCUT2D eigenvalue weighted by Gasteiger charge is 2.37. The third-order valence-electron chi connectivity index (χ3n) is 2.57. The van der Waals surface area contributed by atoms with Crippen LogP contribution in [0.4, 0.5) is 0 Å². The van der Waals surface area contributed by atoms with E-state index in [1.807, 2.05) is 13.8 Å². The molecule has 0 saturated carbocycles. The van der Waals surface area contributed by atoms with Crippen molar-refractivity contribution in [2.24, 2.45) is 0 Å². The number of carbonyl (C=O) groups is 2. The maximum atomic E-state index is 11.7. The summed E-state index contributed by atoms with van der Waals surface area (Å²) in [5.41, 5.74) is 0. The van der Waals surface area contributed by atoms with Gasteiger partial charge in [-0.2, -0.15) is 0 Å². The minimum Gasteiger partial charge on any atom is -0.303 e. The molecule has 1 saturated heterocycles. The molecular formula is C11H18N2O2. The molecule has 0 bridgehead atoms. The number of nitrogens with one attached hydrogen (secondary N) is 1. The number of rotatable bonds is 5. The van der Waals surface area contributed by atoms with E-state index in [1.165, 1.54) is 4.90 Å². The van der Waals surface area contributed by atoms with Crippen molar-refractivity contribution in [2.75, 3.05) is 6.54 Å². The van der Waals surface area contributed by atoms with Crippen LogP contribution in [0.1, 0.15) is 26.7 Å². The number of carbonyl (C=O) groups excluding carboxylic acids is 2. The third-order valence-corrected chi connectivity index (χ3v) is 2.57. The van der Waals surface area contributed by atoms with E-state index in [9.17, 15) is 9.59 Å². The maximum Gasteiger partial charge on any atom is 0.246 e. The lowest BCUT2D eigenvalue weighted by Crippen LogP contribution is -2.42. The van der Waals surface area contributed by atoms with Crippen molar-refractivity contribution in [1.29, 1.82) is 0 Å². The van der Waals surface area contributed by atoms with Crippen molar-refractivity contribution < 1.29 is 9.59 Å². The monoisotopic (exact) mass is 210 g/mol. The van der Waals surface area contributed by atoms with Gasteiger partial charge in [0.15, 0.2) is 0 Å². The molecule has 1 fully saturated rings. The van der Waals surface area contributed by atoms with Crippen LogP contribution in [0.2, 0.25) is 0 Å². The zero-order valence-electron chi connectivity index (χ0n) is 9.32. The summed E-state index contributed by atoms with van der Waals surface area (Å²) in [6.45, 7) is 7.89. The summed E-state index contributed by atoms with van der Waals surface area (Å²) in [5, 5.41) is 3.14. The molecule has 1 aliphatic heterocycles. The quantitative estimate of drug-likeness (QED) is 0.536. The fourth-order valence-corrected chi connectivity index (χ4v) is 1.81. The number of amides is 2. The van der Waals surface area contributed by atoms with Gasteiger partial charge < -0.3 is 5.32 Å². The molecule has 2 atom stereocenters. The lowest BCUT2D eigenvalue weighted by atomic mass is 10.1. The van der Waals surface area contributed by atoms with E-state index in [0.29, 0.717) is 6.54 Å². The molecule has 0 aromatic carbocycles. The molecule has 0 aromatic rings. The standard InChI is InChI=1S/C11H18N2O2/c1-4-6-8(3)12-9-7-10(14)13(5-2)11(9)15/h4,8-9,12H,1,5-7H2,2-3H3. The van der Waals surface area contributed by atoms with Crippen molar-refractivity contribution in [1.82, 2.24) is 10.2 Å². The molecule has 1 heterocycles. The molecule has 2 amide bonds. The van der Waals surface area contributed by atoms with Crippen molar-refractivity contribution in [3.63, 3.8) is 0 Å². The summed E-state index contributed by atoms with van der Waals surface area (Å²) in [6, 6.07) is -0.159. The number of imide groups is 1. The summed E-state index contributed by atoms with van der Waals surface area (Å²) in [6.07, 6.45) is 2.88. The molecule has 84 valence electrons. The second-order valence-electron chi connectivity index (χ2n) is 3.83. The topological polar surface area (TPSA) is 49.4 Å². The highest BCUT2D eigenvalue weighted by Crippen LogP contribution is 2.13. The summed E-state index contributed by atoms with van der Waals surface area (Å²) in [4.78, 5) is 24.4. The van der Waals surface area contributed by atoms with Crippen LogP contribution in [0.3, 0.4) is 0 Å². The highest BCUT2D eigenvalue weighted by molar-refractivity contribution is 6.05. The predicted octanol–water partition coefficient (Wildman–Crippen LogP) is 0.688. The lowest BCUT2D eigenvalue weighted by Gasteiger charge is -2.17. The van der Waals surface area contributed by atoms with Crippen LogP contribution in [-0.2, 0) is 9.59 Å². The van der Waals surface area contributed by atoms with Gasteiger partial charge in [-0.3, -0.25) is 14.5 Å². The van der Waals surface area contributed by atoms with Gasteiger partial charge >= 0.3 is 0 Å². The zero-order chi connectivity index (χ0) is 11.4. The predicted molar refractivity (Wildman–Crippen MR) is 58.2 cm³/mol. The minimum atomic E-state index is -0.340. The van der Waals surface area contributed by atoms with Crippen LogP contribution in [0.15, 0.2) is 12.7 Å². The number of hydrogen-bond donors (Lipinski definition) is 1. The van der Waals surface area contributed by atoms with Gasteiger partial charge in [-0.05, 0) is 20.3 Å². The molecule has 4 nitrogen and oxygen atoms in total. The largest absolute Gasteiger partial charge is 0.303 e. The van der Waals surface area contributed by atoms with Gasteiger partial charge in [0.25, 0.3) is 0 Å². The average Bonchev–Trinajstić information content (AvgIpc) is 2.42. The average molecular weight is 210 g/mol. The van der Waals surface area contributed by atoms with E-state index in [2.05, 4.69) is 11.9 Å². The smallest absolute Gasteiger partial charge is 0.246 e. The molecule has 0 aromatic heterocycles. The second-order valence-corrected chi connectivity index (χ2v) is 3.83. The third kappa shape index (κ3) is 2.65. The molecule has 1 N–H and O–H groups in total. The summed E-state index contributed by atoms with van der Waals surface area (Å²) in [7, 11) is 0. The van der Waals surface area contributed by atoms with Gasteiger partial charge in [-0.1, -0.05) is 6.08 Å². The fourth-order valence-electron chi connectivity index (χ4n) is 1.81. The maximum absolute atomic E-state index is 11.7. The Labute approximate surface area is 90.3 Å². The second kappa shape index (κ2) is 5.07. The van der Waals surface area contributed by atoms with Gasteiger partial charge in [0.2, 0.25) is 11.8 Å². The first-order valence-corrected chi connectivity index (χ1v) is 5.31. The number of likely N-dealkylation sites (tertiary alicyclic amines) is 1. The molecule has 0 aliphatic carbocycles. The van der Waals surface area contributed by atoms with Gasteiger partial charge in [0.1, 0.15) is 0 Å². The molecule has 2 unspecified atom stereocenters. The first-order valence-electron chi connectivity index (χ1n) is 5.31. The number of likely N-dealkylation sites (N-methyl/N-ethyl adjacent to an activating group) is 1. The molecule has 4 heteroatoms. The molecule has 1 aliphatic rings. The van der Waals surface area contributed by atoms with Crippen LogP contribution in [0.5, 0.6) is 0 Å². The summed E-state index contributed by atoms with van der Waals surface area (Å²) >= 11 is 0. The number of nitrogens with zero attached hydrogens (tertiary/aromatic N) is 1. The summed E-state index contributed by atoms with van der Waals surface area (Å²) in [5.74, 6) is -0.177. The van der Waals surface area contributed by atoms with Crippen LogP contribution in [0, 0.1) is 0 Å². The van der Waals surface area contributed by atoms with E-state index >= 15 is 0 Å². The van der Waals surface area contributed by atoms with Gasteiger partial charge in [-0.15, -0.1) is 6.58 Å². The van der Waals surface area contributed by atoms with Crippen molar-refractivity contribution >= 4 is 11.8 Å². The Bertz CT molecular complexity index is 276. The molecule has 1 rings (SSSR count). The molecule has 0 spiro atoms. The molecule has 0 radical (unpaired) electrons. The zero-order valence-corrected chi connectivity index (χ0v) is 9.32. The fraction of sp³-hybridized carbons (Fsp3) is 0.636. The lowest BCUT2D eigenvalue weighted by molar-refractivity contribution is -0.138. The Morgan fingerprint density at radius 2 is 2.33 bits per heavy atom. The Balaban J connectivity index is 2.55. The van der Waals surface area contributed by atoms with Gasteiger partial charge in [-0.25, -0.2) is 0 Å². The normalized spacial score (nSPS) is 23.3. The SMILES string of the molecule is C=CCC(C)NC1CC(=O)N(CC)C1=O. The van der Waals surface area contributed by atoms with Crippen molar-refractivity contribution in [2.45, 2.75) is 38.8 Å². The van der Waals surface area contributed by atoms with Crippen LogP contribution >= 0.6 is 0 Å². The van der Waals surface area contributed by atoms with E-state index < -0.39 is 0 Å². The van der Waals surface area contributed by atoms with Crippen LogP contribution in [-0.4, -0.2) is 35.3 Å². The molecular weight excluding hydrogens is 192 g/mol. The van der Waals surface area contributed by atoms with Crippen LogP contribution in [0.25, 0.3) is 0 Å². The van der Waals surface area contributed by atoms with Crippen LogP contribution < -0.4 is 5.32 Å². The van der Waals surface area contributed by atoms with Gasteiger partial charge in [0, 0.05) is 12.6 Å². The Morgan fingerprint density at radius 1 is 1.67 bits per heavy atom. The minimum absolute atomic E-state index is 0.0780. The van der Waals surface area contributed by atoms with Crippen molar-refractivity contribution in [3.05, 3.63) is 12.7 Å². The van der Waals surface area contributed by atoms with E-state index in [4.69, 9.17) is 0 Å². The Hall–Kier alpha value is -1.16. The summed E-state index contributed by atoms with van der Waals surface area (Å²) < 4.78 is 0. The molecule has 15 heavy (non-hydrogen) atoms. The first kappa shape index (κ1) is 11.9. The van der Waals surface area contributed by atoms with Gasteiger partial charge in [0.05, 0.1) is 12.5 Å². The highest BCUT2D eigenvalue weighted by atomic mass is 16.2. The van der Waals surface area contributed by atoms with E-state index in [1.54, 1.807) is 6.08 Å². The van der Waals surface area contributed by atoms with Crippen molar-refractivity contribution in [3.8, 4) is 0 Å².